The zero-order valence-electron chi connectivity index (χ0n) is 15.7. The Hall–Kier alpha value is -2.08. The molecule has 0 aliphatic heterocycles. The number of anilines is 2. The van der Waals surface area contributed by atoms with Gasteiger partial charge in [-0.05, 0) is 6.92 Å². The van der Waals surface area contributed by atoms with Gasteiger partial charge in [-0.2, -0.15) is 4.98 Å². The van der Waals surface area contributed by atoms with Gasteiger partial charge in [0.05, 0.1) is 30.3 Å². The number of nitro groups is 1. The molecule has 0 radical (unpaired) electrons. The van der Waals surface area contributed by atoms with Crippen molar-refractivity contribution in [1.29, 1.82) is 0 Å². The summed E-state index contributed by atoms with van der Waals surface area (Å²) in [4.78, 5) is 22.4. The van der Waals surface area contributed by atoms with Gasteiger partial charge in [0, 0.05) is 41.4 Å². The molecule has 0 unspecified atom stereocenters. The second-order valence-corrected chi connectivity index (χ2v) is 6.02. The maximum Gasteiger partial charge on any atom is 0.332 e. The lowest BCUT2D eigenvalue weighted by Gasteiger charge is -2.25. The first-order valence-corrected chi connectivity index (χ1v) is 8.00. The van der Waals surface area contributed by atoms with Crippen LogP contribution in [0.5, 0.6) is 0 Å². The molecule has 0 aliphatic carbocycles. The molecule has 1 rings (SSSR count). The number of methoxy groups -OCH3 is 2. The average molecular weight is 373 g/mol. The number of likely N-dealkylation sites (N-methyl/N-ethyl adjacent to an activating group) is 2. The molecule has 0 spiro atoms. The summed E-state index contributed by atoms with van der Waals surface area (Å²) < 4.78 is 9.77. The molecule has 1 aromatic rings. The van der Waals surface area contributed by atoms with Crippen molar-refractivity contribution in [2.45, 2.75) is 19.1 Å². The van der Waals surface area contributed by atoms with Gasteiger partial charge in [0.15, 0.2) is 0 Å². The van der Waals surface area contributed by atoms with Crippen LogP contribution < -0.4 is 9.80 Å². The predicted molar refractivity (Wildman–Crippen MR) is 95.7 cm³/mol. The Morgan fingerprint density at radius 1 is 1.08 bits per heavy atom. The smallest absolute Gasteiger partial charge is 0.332 e. The van der Waals surface area contributed by atoms with Crippen LogP contribution in [0.15, 0.2) is 0 Å². The lowest BCUT2D eigenvalue weighted by atomic mass is 10.3. The van der Waals surface area contributed by atoms with Gasteiger partial charge in [0.1, 0.15) is 5.69 Å². The third kappa shape index (κ3) is 6.02. The molecule has 0 amide bonds. The Kier molecular flexibility index (Phi) is 8.58. The lowest BCUT2D eigenvalue weighted by Crippen LogP contribution is -2.35. The first kappa shape index (κ1) is 22.0. The van der Waals surface area contributed by atoms with E-state index in [1.54, 1.807) is 19.0 Å². The SMILES string of the molecule is COC[C@@H](O)CN(C)c1nc(C)c([N+](=O)[O-])c(N(C)C[C@H](O)COC)n1. The van der Waals surface area contributed by atoms with Crippen LogP contribution in [0.1, 0.15) is 5.69 Å². The first-order valence-electron chi connectivity index (χ1n) is 8.00. The topological polar surface area (TPSA) is 134 Å². The first-order chi connectivity index (χ1) is 12.2. The van der Waals surface area contributed by atoms with Crippen molar-refractivity contribution < 1.29 is 24.6 Å². The van der Waals surface area contributed by atoms with Crippen LogP contribution in [-0.4, -0.2) is 91.9 Å². The summed E-state index contributed by atoms with van der Waals surface area (Å²) in [6.45, 7) is 2.05. The van der Waals surface area contributed by atoms with Crippen LogP contribution in [0.2, 0.25) is 0 Å². The van der Waals surface area contributed by atoms with Crippen molar-refractivity contribution in [2.75, 3.05) is 64.4 Å². The van der Waals surface area contributed by atoms with Crippen LogP contribution in [0, 0.1) is 17.0 Å². The van der Waals surface area contributed by atoms with Crippen LogP contribution in [0.25, 0.3) is 0 Å². The summed E-state index contributed by atoms with van der Waals surface area (Å²) in [5.41, 5.74) is -0.0390. The highest BCUT2D eigenvalue weighted by Crippen LogP contribution is 2.30. The van der Waals surface area contributed by atoms with Gasteiger partial charge in [-0.3, -0.25) is 10.1 Å². The molecule has 2 N–H and O–H groups in total. The van der Waals surface area contributed by atoms with Gasteiger partial charge < -0.3 is 29.5 Å². The maximum atomic E-state index is 11.4. The number of aromatic nitrogens is 2. The van der Waals surface area contributed by atoms with Gasteiger partial charge >= 0.3 is 5.69 Å². The molecule has 0 saturated heterocycles. The molecule has 1 aromatic heterocycles. The van der Waals surface area contributed by atoms with E-state index in [0.29, 0.717) is 0 Å². The van der Waals surface area contributed by atoms with Gasteiger partial charge in [0.25, 0.3) is 0 Å². The Morgan fingerprint density at radius 2 is 1.58 bits per heavy atom. The lowest BCUT2D eigenvalue weighted by molar-refractivity contribution is -0.385. The van der Waals surface area contributed by atoms with Crippen LogP contribution in [0.3, 0.4) is 0 Å². The molecule has 0 saturated carbocycles. The number of rotatable bonds is 11. The third-order valence-corrected chi connectivity index (χ3v) is 3.60. The predicted octanol–water partition coefficient (Wildman–Crippen LogP) is -0.420. The molecule has 0 aromatic carbocycles. The second kappa shape index (κ2) is 10.2. The minimum absolute atomic E-state index is 0.0840. The van der Waals surface area contributed by atoms with Gasteiger partial charge in [-0.1, -0.05) is 0 Å². The van der Waals surface area contributed by atoms with Crippen LogP contribution >= 0.6 is 0 Å². The van der Waals surface area contributed by atoms with E-state index in [9.17, 15) is 20.3 Å². The summed E-state index contributed by atoms with van der Waals surface area (Å²) in [6, 6.07) is 0. The van der Waals surface area contributed by atoms with E-state index in [4.69, 9.17) is 9.47 Å². The quantitative estimate of drug-likeness (QED) is 0.389. The third-order valence-electron chi connectivity index (χ3n) is 3.60. The van der Waals surface area contributed by atoms with Gasteiger partial charge in [-0.25, -0.2) is 4.98 Å². The number of hydrogen-bond acceptors (Lipinski definition) is 10. The minimum atomic E-state index is -0.829. The van der Waals surface area contributed by atoms with E-state index in [0.717, 1.165) is 0 Å². The summed E-state index contributed by atoms with van der Waals surface area (Å²) >= 11 is 0. The second-order valence-electron chi connectivity index (χ2n) is 6.02. The molecule has 0 fully saturated rings. The van der Waals surface area contributed by atoms with E-state index < -0.39 is 17.1 Å². The van der Waals surface area contributed by atoms with Crippen LogP contribution in [-0.2, 0) is 9.47 Å². The standard InChI is InChI=1S/C15H27N5O6/c1-10-13(20(23)24)14(18(2)6-11(21)8-25-4)17-15(16-10)19(3)7-12(22)9-26-5/h11-12,21-22H,6-9H2,1-5H3/t11-,12-/m0/s1. The molecule has 1 heterocycles. The molecule has 26 heavy (non-hydrogen) atoms. The Labute approximate surface area is 152 Å². The fourth-order valence-electron chi connectivity index (χ4n) is 2.48. The largest absolute Gasteiger partial charge is 0.389 e. The van der Waals surface area contributed by atoms with Crippen molar-refractivity contribution in [3.05, 3.63) is 15.8 Å². The van der Waals surface area contributed by atoms with Crippen molar-refractivity contribution in [2.24, 2.45) is 0 Å². The van der Waals surface area contributed by atoms with E-state index in [1.807, 2.05) is 0 Å². The van der Waals surface area contributed by atoms with E-state index in [1.165, 1.54) is 26.0 Å². The number of aliphatic hydroxyl groups excluding tert-OH is 2. The van der Waals surface area contributed by atoms with Crippen molar-refractivity contribution in [3.63, 3.8) is 0 Å². The monoisotopic (exact) mass is 373 g/mol. The molecule has 0 bridgehead atoms. The van der Waals surface area contributed by atoms with Gasteiger partial charge in [0.2, 0.25) is 11.8 Å². The molecule has 2 atom stereocenters. The zero-order chi connectivity index (χ0) is 19.9. The van der Waals surface area contributed by atoms with Crippen LogP contribution in [0.4, 0.5) is 17.5 Å². The summed E-state index contributed by atoms with van der Waals surface area (Å²) in [5.74, 6) is 0.312. The normalized spacial score (nSPS) is 13.3. The molecule has 0 aliphatic rings. The molecule has 11 heteroatoms. The van der Waals surface area contributed by atoms with Crippen molar-refractivity contribution in [3.8, 4) is 0 Å². The van der Waals surface area contributed by atoms with Crippen molar-refractivity contribution >= 4 is 17.5 Å². The maximum absolute atomic E-state index is 11.4. The minimum Gasteiger partial charge on any atom is -0.389 e. The van der Waals surface area contributed by atoms with Gasteiger partial charge in [-0.15, -0.1) is 0 Å². The number of hydrogen-bond donors (Lipinski definition) is 2. The summed E-state index contributed by atoms with van der Waals surface area (Å²) in [5, 5.41) is 31.2. The summed E-state index contributed by atoms with van der Waals surface area (Å²) in [7, 11) is 6.20. The number of aryl methyl sites for hydroxylation is 1. The van der Waals surface area contributed by atoms with Crippen molar-refractivity contribution in [1.82, 2.24) is 9.97 Å². The number of aliphatic hydroxyl groups is 2. The molecule has 148 valence electrons. The highest BCUT2D eigenvalue weighted by atomic mass is 16.6. The highest BCUT2D eigenvalue weighted by Gasteiger charge is 2.27. The Balaban J connectivity index is 3.16. The number of nitrogens with zero attached hydrogens (tertiary/aromatic N) is 5. The summed E-state index contributed by atoms with van der Waals surface area (Å²) in [6.07, 6.45) is -1.58. The molecular weight excluding hydrogens is 346 g/mol. The fourth-order valence-corrected chi connectivity index (χ4v) is 2.48. The highest BCUT2D eigenvalue weighted by molar-refractivity contribution is 5.62. The van der Waals surface area contributed by atoms with E-state index in [2.05, 4.69) is 9.97 Å². The Morgan fingerprint density at radius 3 is 2.04 bits per heavy atom. The zero-order valence-corrected chi connectivity index (χ0v) is 15.7. The number of ether oxygens (including phenoxy) is 2. The fraction of sp³-hybridized carbons (Fsp3) is 0.733. The molecule has 11 nitrogen and oxygen atoms in total. The van der Waals surface area contributed by atoms with E-state index in [-0.39, 0.29) is 49.5 Å². The van der Waals surface area contributed by atoms with E-state index >= 15 is 0 Å². The Bertz CT molecular complexity index is 602. The average Bonchev–Trinajstić information content (AvgIpc) is 2.53. The molecular formula is C15H27N5O6.